The van der Waals surface area contributed by atoms with Crippen molar-refractivity contribution in [3.05, 3.63) is 120 Å². The largest absolute Gasteiger partial charge is 0.416 e. The molecule has 6 nitrogen and oxygen atoms in total. The molecule has 3 N–H and O–H groups in total. The Hall–Kier alpha value is -4.63. The van der Waals surface area contributed by atoms with Crippen LogP contribution in [0.4, 0.5) is 24.5 Å². The van der Waals surface area contributed by atoms with Gasteiger partial charge in [0.15, 0.2) is 0 Å². The normalized spacial score (nSPS) is 15.5. The molecule has 4 aromatic carbocycles. The third-order valence-electron chi connectivity index (χ3n) is 7.72. The van der Waals surface area contributed by atoms with Gasteiger partial charge in [0.2, 0.25) is 5.91 Å². The van der Waals surface area contributed by atoms with Gasteiger partial charge in [-0.05, 0) is 72.0 Å². The molecule has 1 fully saturated rings. The van der Waals surface area contributed by atoms with Crippen LogP contribution >= 0.6 is 0 Å². The van der Waals surface area contributed by atoms with E-state index in [1.54, 1.807) is 24.3 Å². The van der Waals surface area contributed by atoms with Crippen molar-refractivity contribution in [1.29, 1.82) is 0 Å². The topological polar surface area (TPSA) is 73.5 Å². The molecule has 0 spiro atoms. The Balaban J connectivity index is 1.22. The summed E-state index contributed by atoms with van der Waals surface area (Å²) in [5.74, 6) is -0.386. The van der Waals surface area contributed by atoms with E-state index in [9.17, 15) is 22.8 Å². The maximum atomic E-state index is 13.2. The van der Waals surface area contributed by atoms with Crippen molar-refractivity contribution in [3.63, 3.8) is 0 Å². The summed E-state index contributed by atoms with van der Waals surface area (Å²) in [5, 5.41) is 9.48. The van der Waals surface area contributed by atoms with Crippen LogP contribution in [0.5, 0.6) is 0 Å². The molecule has 5 rings (SSSR count). The van der Waals surface area contributed by atoms with E-state index in [4.69, 9.17) is 0 Å². The number of hydrogen-bond donors (Lipinski definition) is 3. The molecule has 0 bridgehead atoms. The monoisotopic (exact) mass is 600 g/mol. The van der Waals surface area contributed by atoms with Crippen molar-refractivity contribution in [3.8, 4) is 11.1 Å². The van der Waals surface area contributed by atoms with Gasteiger partial charge in [0.25, 0.3) is 5.91 Å². The molecule has 1 saturated heterocycles. The Kier molecular flexibility index (Phi) is 9.65. The molecule has 4 aromatic rings. The van der Waals surface area contributed by atoms with Crippen LogP contribution in [-0.2, 0) is 11.0 Å². The Morgan fingerprint density at radius 2 is 1.57 bits per heavy atom. The first-order valence-corrected chi connectivity index (χ1v) is 14.7. The number of halogens is 3. The van der Waals surface area contributed by atoms with Gasteiger partial charge >= 0.3 is 6.18 Å². The highest BCUT2D eigenvalue weighted by Crippen LogP contribution is 2.32. The summed E-state index contributed by atoms with van der Waals surface area (Å²) in [6, 6.07) is 28.6. The highest BCUT2D eigenvalue weighted by Gasteiger charge is 2.30. The number of rotatable bonds is 10. The summed E-state index contributed by atoms with van der Waals surface area (Å²) in [4.78, 5) is 28.4. The number of amides is 2. The van der Waals surface area contributed by atoms with E-state index in [0.717, 1.165) is 49.3 Å². The fraction of sp³-hybridized carbons (Fsp3) is 0.257. The van der Waals surface area contributed by atoms with E-state index in [1.165, 1.54) is 12.1 Å². The van der Waals surface area contributed by atoms with Gasteiger partial charge in [-0.3, -0.25) is 14.9 Å². The van der Waals surface area contributed by atoms with Gasteiger partial charge in [0.1, 0.15) is 6.04 Å². The van der Waals surface area contributed by atoms with Gasteiger partial charge < -0.3 is 15.5 Å². The summed E-state index contributed by atoms with van der Waals surface area (Å²) in [6.07, 6.45) is -2.68. The smallest absolute Gasteiger partial charge is 0.370 e. The van der Waals surface area contributed by atoms with Crippen LogP contribution in [0, 0.1) is 0 Å². The first kappa shape index (κ1) is 30.8. The van der Waals surface area contributed by atoms with Crippen LogP contribution < -0.4 is 20.9 Å². The standard InChI is InChI=1S/C35H35F3N4O2/c1-2-21-39-34(44)32(25-8-4-3-5-9-25)40-28-20-22-42(23-28)29-18-16-27(17-19-29)41-33(43)31-11-7-6-10-30(31)24-12-14-26(15-13-24)35(36,37)38/h3-19,28,32,40H,2,20-23H2,1H3,(H,39,44)(H,41,43). The molecule has 2 amide bonds. The van der Waals surface area contributed by atoms with Crippen molar-refractivity contribution < 1.29 is 22.8 Å². The van der Waals surface area contributed by atoms with E-state index < -0.39 is 17.8 Å². The minimum atomic E-state index is -4.43. The third-order valence-corrected chi connectivity index (χ3v) is 7.72. The SMILES string of the molecule is CCCNC(=O)C(NC1CCN(c2ccc(NC(=O)c3ccccc3-c3ccc(C(F)(F)F)cc3)cc2)C1)c1ccccc1. The molecule has 9 heteroatoms. The molecule has 1 heterocycles. The molecule has 1 aliphatic heterocycles. The van der Waals surface area contributed by atoms with E-state index >= 15 is 0 Å². The van der Waals surface area contributed by atoms with Crippen molar-refractivity contribution >= 4 is 23.2 Å². The van der Waals surface area contributed by atoms with E-state index in [1.807, 2.05) is 61.5 Å². The lowest BCUT2D eigenvalue weighted by molar-refractivity contribution is -0.137. The molecule has 0 radical (unpaired) electrons. The zero-order chi connectivity index (χ0) is 31.1. The zero-order valence-corrected chi connectivity index (χ0v) is 24.4. The summed E-state index contributed by atoms with van der Waals surface area (Å²) in [7, 11) is 0. The number of nitrogens with zero attached hydrogens (tertiary/aromatic N) is 1. The quantitative estimate of drug-likeness (QED) is 0.182. The zero-order valence-electron chi connectivity index (χ0n) is 24.4. The van der Waals surface area contributed by atoms with Gasteiger partial charge in [0.05, 0.1) is 5.56 Å². The maximum absolute atomic E-state index is 13.2. The Labute approximate surface area is 255 Å². The minimum absolute atomic E-state index is 0.0310. The molecular weight excluding hydrogens is 565 g/mol. The lowest BCUT2D eigenvalue weighted by Gasteiger charge is -2.24. The fourth-order valence-electron chi connectivity index (χ4n) is 5.41. The second kappa shape index (κ2) is 13.8. The summed E-state index contributed by atoms with van der Waals surface area (Å²) < 4.78 is 39.0. The molecule has 228 valence electrons. The van der Waals surface area contributed by atoms with Gasteiger partial charge in [0, 0.05) is 42.6 Å². The lowest BCUT2D eigenvalue weighted by atomic mass is 9.98. The fourth-order valence-corrected chi connectivity index (χ4v) is 5.41. The highest BCUT2D eigenvalue weighted by molar-refractivity contribution is 6.08. The van der Waals surface area contributed by atoms with Crippen LogP contribution in [0.15, 0.2) is 103 Å². The minimum Gasteiger partial charge on any atom is -0.370 e. The molecule has 2 unspecified atom stereocenters. The number of benzene rings is 4. The Bertz CT molecular complexity index is 1560. The first-order chi connectivity index (χ1) is 21.2. The van der Waals surface area contributed by atoms with Gasteiger partial charge in [-0.2, -0.15) is 13.2 Å². The number of hydrogen-bond acceptors (Lipinski definition) is 4. The number of carbonyl (C=O) groups excluding carboxylic acids is 2. The average molecular weight is 601 g/mol. The van der Waals surface area contributed by atoms with E-state index in [-0.39, 0.29) is 17.9 Å². The number of anilines is 2. The van der Waals surface area contributed by atoms with Gasteiger partial charge in [-0.15, -0.1) is 0 Å². The number of alkyl halides is 3. The van der Waals surface area contributed by atoms with E-state index in [2.05, 4.69) is 20.9 Å². The van der Waals surface area contributed by atoms with Gasteiger partial charge in [-0.25, -0.2) is 0 Å². The van der Waals surface area contributed by atoms with Crippen LogP contribution in [-0.4, -0.2) is 37.5 Å². The number of carbonyl (C=O) groups is 2. The second-order valence-electron chi connectivity index (χ2n) is 10.9. The van der Waals surface area contributed by atoms with Crippen molar-refractivity contribution in [2.75, 3.05) is 29.9 Å². The Morgan fingerprint density at radius 3 is 2.25 bits per heavy atom. The molecule has 0 aliphatic carbocycles. The number of nitrogens with one attached hydrogen (secondary N) is 3. The second-order valence-corrected chi connectivity index (χ2v) is 10.9. The Morgan fingerprint density at radius 1 is 0.886 bits per heavy atom. The van der Waals surface area contributed by atoms with Crippen molar-refractivity contribution in [1.82, 2.24) is 10.6 Å². The van der Waals surface area contributed by atoms with E-state index in [0.29, 0.717) is 28.9 Å². The lowest BCUT2D eigenvalue weighted by Crippen LogP contribution is -2.43. The van der Waals surface area contributed by atoms with Crippen LogP contribution in [0.2, 0.25) is 0 Å². The molecule has 2 atom stereocenters. The third kappa shape index (κ3) is 7.47. The van der Waals surface area contributed by atoms with Crippen molar-refractivity contribution in [2.45, 2.75) is 38.0 Å². The van der Waals surface area contributed by atoms with Crippen molar-refractivity contribution in [2.24, 2.45) is 0 Å². The summed E-state index contributed by atoms with van der Waals surface area (Å²) in [6.45, 7) is 4.21. The predicted octanol–water partition coefficient (Wildman–Crippen LogP) is 7.06. The van der Waals surface area contributed by atoms with Crippen LogP contribution in [0.3, 0.4) is 0 Å². The first-order valence-electron chi connectivity index (χ1n) is 14.7. The highest BCUT2D eigenvalue weighted by atomic mass is 19.4. The molecule has 0 saturated carbocycles. The predicted molar refractivity (Wildman–Crippen MR) is 168 cm³/mol. The molecular formula is C35H35F3N4O2. The van der Waals surface area contributed by atoms with Crippen LogP contribution in [0.1, 0.15) is 47.3 Å². The van der Waals surface area contributed by atoms with Gasteiger partial charge in [-0.1, -0.05) is 67.6 Å². The molecule has 0 aromatic heterocycles. The molecule has 1 aliphatic rings. The molecule has 44 heavy (non-hydrogen) atoms. The maximum Gasteiger partial charge on any atom is 0.416 e. The van der Waals surface area contributed by atoms with Crippen LogP contribution in [0.25, 0.3) is 11.1 Å². The average Bonchev–Trinajstić information content (AvgIpc) is 3.51. The summed E-state index contributed by atoms with van der Waals surface area (Å²) >= 11 is 0. The summed E-state index contributed by atoms with van der Waals surface area (Å²) in [5.41, 5.74) is 3.23.